The van der Waals surface area contributed by atoms with E-state index in [-0.39, 0.29) is 23.8 Å². The van der Waals surface area contributed by atoms with Gasteiger partial charge in [0.25, 0.3) is 5.91 Å². The van der Waals surface area contributed by atoms with E-state index in [0.29, 0.717) is 25.6 Å². The predicted molar refractivity (Wildman–Crippen MR) is 93.4 cm³/mol. The van der Waals surface area contributed by atoms with Crippen molar-refractivity contribution in [1.29, 1.82) is 0 Å². The normalized spacial score (nSPS) is 24.8. The fourth-order valence-corrected chi connectivity index (χ4v) is 3.92. The topological polar surface area (TPSA) is 75.4 Å². The van der Waals surface area contributed by atoms with Gasteiger partial charge < -0.3 is 16.0 Å². The highest BCUT2D eigenvalue weighted by Crippen LogP contribution is 2.26. The van der Waals surface area contributed by atoms with E-state index in [1.54, 1.807) is 0 Å². The Bertz CT molecular complexity index is 567. The lowest BCUT2D eigenvalue weighted by molar-refractivity contribution is -0.127. The van der Waals surface area contributed by atoms with Crippen molar-refractivity contribution >= 4 is 11.8 Å². The molecule has 24 heavy (non-hydrogen) atoms. The second kappa shape index (κ2) is 7.79. The molecule has 1 saturated carbocycles. The summed E-state index contributed by atoms with van der Waals surface area (Å²) in [4.78, 5) is 26.8. The third kappa shape index (κ3) is 3.78. The number of amides is 2. The van der Waals surface area contributed by atoms with Crippen molar-refractivity contribution in [2.24, 2.45) is 17.6 Å². The summed E-state index contributed by atoms with van der Waals surface area (Å²) < 4.78 is 0. The Labute approximate surface area is 143 Å². The van der Waals surface area contributed by atoms with Gasteiger partial charge in [0, 0.05) is 30.6 Å². The van der Waals surface area contributed by atoms with E-state index in [4.69, 9.17) is 5.73 Å². The third-order valence-corrected chi connectivity index (χ3v) is 5.46. The largest absolute Gasteiger partial charge is 0.353 e. The minimum absolute atomic E-state index is 0.0175. The second-order valence-electron chi connectivity index (χ2n) is 6.97. The molecule has 0 spiro atoms. The fourth-order valence-electron chi connectivity index (χ4n) is 3.92. The van der Waals surface area contributed by atoms with Crippen LogP contribution in [-0.2, 0) is 4.79 Å². The van der Waals surface area contributed by atoms with Crippen molar-refractivity contribution in [3.63, 3.8) is 0 Å². The highest BCUT2D eigenvalue weighted by molar-refractivity contribution is 5.94. The summed E-state index contributed by atoms with van der Waals surface area (Å²) >= 11 is 0. The van der Waals surface area contributed by atoms with Crippen molar-refractivity contribution in [3.05, 3.63) is 35.9 Å². The zero-order valence-electron chi connectivity index (χ0n) is 14.1. The average Bonchev–Trinajstić information content (AvgIpc) is 3.09. The molecular weight excluding hydrogens is 302 g/mol. The van der Waals surface area contributed by atoms with Crippen LogP contribution in [0.5, 0.6) is 0 Å². The van der Waals surface area contributed by atoms with Gasteiger partial charge in [-0.15, -0.1) is 0 Å². The van der Waals surface area contributed by atoms with Gasteiger partial charge in [-0.05, 0) is 50.3 Å². The zero-order chi connectivity index (χ0) is 16.9. The van der Waals surface area contributed by atoms with E-state index in [9.17, 15) is 9.59 Å². The molecule has 0 aromatic heterocycles. The molecule has 3 rings (SSSR count). The summed E-state index contributed by atoms with van der Waals surface area (Å²) in [5.41, 5.74) is 6.51. The lowest BCUT2D eigenvalue weighted by atomic mass is 9.94. The fraction of sp³-hybridized carbons (Fsp3) is 0.579. The smallest absolute Gasteiger partial charge is 0.253 e. The Balaban J connectivity index is 1.49. The van der Waals surface area contributed by atoms with Crippen molar-refractivity contribution in [2.75, 3.05) is 19.6 Å². The number of nitrogens with two attached hydrogens (primary N) is 1. The van der Waals surface area contributed by atoms with E-state index in [1.165, 1.54) is 0 Å². The second-order valence-corrected chi connectivity index (χ2v) is 6.97. The number of hydrogen-bond donors (Lipinski definition) is 2. The number of benzene rings is 1. The highest BCUT2D eigenvalue weighted by Gasteiger charge is 2.32. The lowest BCUT2D eigenvalue weighted by Gasteiger charge is -2.32. The number of likely N-dealkylation sites (tertiary alicyclic amines) is 1. The van der Waals surface area contributed by atoms with Crippen LogP contribution in [0.4, 0.5) is 0 Å². The summed E-state index contributed by atoms with van der Waals surface area (Å²) in [6, 6.07) is 9.59. The first-order valence-electron chi connectivity index (χ1n) is 9.04. The van der Waals surface area contributed by atoms with Crippen molar-refractivity contribution in [2.45, 2.75) is 38.1 Å². The molecule has 1 aliphatic carbocycles. The minimum atomic E-state index is 0.0175. The van der Waals surface area contributed by atoms with Crippen LogP contribution in [0, 0.1) is 11.8 Å². The maximum atomic E-state index is 12.5. The molecule has 0 bridgehead atoms. The summed E-state index contributed by atoms with van der Waals surface area (Å²) in [7, 11) is 0. The molecule has 5 heteroatoms. The zero-order valence-corrected chi connectivity index (χ0v) is 14.1. The Morgan fingerprint density at radius 3 is 2.46 bits per heavy atom. The molecule has 2 fully saturated rings. The van der Waals surface area contributed by atoms with Crippen LogP contribution < -0.4 is 11.1 Å². The number of nitrogens with one attached hydrogen (secondary N) is 1. The van der Waals surface area contributed by atoms with E-state index in [0.717, 1.165) is 37.7 Å². The van der Waals surface area contributed by atoms with Gasteiger partial charge in [-0.25, -0.2) is 0 Å². The van der Waals surface area contributed by atoms with E-state index in [2.05, 4.69) is 5.32 Å². The van der Waals surface area contributed by atoms with Gasteiger partial charge in [0.1, 0.15) is 0 Å². The van der Waals surface area contributed by atoms with Crippen LogP contribution in [-0.4, -0.2) is 42.4 Å². The van der Waals surface area contributed by atoms with Gasteiger partial charge in [-0.3, -0.25) is 9.59 Å². The molecule has 2 aliphatic rings. The van der Waals surface area contributed by atoms with Gasteiger partial charge >= 0.3 is 0 Å². The minimum Gasteiger partial charge on any atom is -0.353 e. The number of nitrogens with zero attached hydrogens (tertiary/aromatic N) is 1. The van der Waals surface area contributed by atoms with Crippen molar-refractivity contribution in [3.8, 4) is 0 Å². The Morgan fingerprint density at radius 1 is 1.08 bits per heavy atom. The lowest BCUT2D eigenvalue weighted by Crippen LogP contribution is -2.47. The van der Waals surface area contributed by atoms with Crippen LogP contribution in [0.15, 0.2) is 30.3 Å². The molecule has 2 amide bonds. The molecule has 5 nitrogen and oxygen atoms in total. The van der Waals surface area contributed by atoms with Crippen molar-refractivity contribution in [1.82, 2.24) is 10.2 Å². The highest BCUT2D eigenvalue weighted by atomic mass is 16.2. The van der Waals surface area contributed by atoms with E-state index >= 15 is 0 Å². The molecule has 2 unspecified atom stereocenters. The van der Waals surface area contributed by atoms with Crippen LogP contribution >= 0.6 is 0 Å². The number of rotatable bonds is 4. The molecule has 2 atom stereocenters. The van der Waals surface area contributed by atoms with E-state index < -0.39 is 0 Å². The van der Waals surface area contributed by atoms with Crippen LogP contribution in [0.2, 0.25) is 0 Å². The van der Waals surface area contributed by atoms with Gasteiger partial charge in [0.2, 0.25) is 5.91 Å². The number of piperidine rings is 1. The third-order valence-electron chi connectivity index (χ3n) is 5.46. The van der Waals surface area contributed by atoms with Gasteiger partial charge in [-0.2, -0.15) is 0 Å². The quantitative estimate of drug-likeness (QED) is 0.884. The molecule has 1 saturated heterocycles. The van der Waals surface area contributed by atoms with E-state index in [1.807, 2.05) is 35.2 Å². The number of hydrogen-bond acceptors (Lipinski definition) is 3. The predicted octanol–water partition coefficient (Wildman–Crippen LogP) is 1.78. The molecule has 0 radical (unpaired) electrons. The molecule has 1 heterocycles. The summed E-state index contributed by atoms with van der Waals surface area (Å²) in [6.45, 7) is 1.95. The standard InChI is InChI=1S/C19H27N3O2/c20-13-16-7-4-8-17(16)21-18(23)14-9-11-22(12-10-14)19(24)15-5-2-1-3-6-15/h1-3,5-6,14,16-17H,4,7-13,20H2,(H,21,23). The Kier molecular flexibility index (Phi) is 5.51. The molecular formula is C19H27N3O2. The summed E-state index contributed by atoms with van der Waals surface area (Å²) in [5, 5.41) is 3.20. The monoisotopic (exact) mass is 329 g/mol. The first kappa shape index (κ1) is 17.0. The van der Waals surface area contributed by atoms with Crippen molar-refractivity contribution < 1.29 is 9.59 Å². The average molecular weight is 329 g/mol. The number of carbonyl (C=O) groups is 2. The first-order chi connectivity index (χ1) is 11.7. The molecule has 130 valence electrons. The van der Waals surface area contributed by atoms with Crippen LogP contribution in [0.25, 0.3) is 0 Å². The SMILES string of the molecule is NCC1CCCC1NC(=O)C1CCN(C(=O)c2ccccc2)CC1. The van der Waals surface area contributed by atoms with Crippen LogP contribution in [0.1, 0.15) is 42.5 Å². The van der Waals surface area contributed by atoms with Gasteiger partial charge in [-0.1, -0.05) is 24.6 Å². The number of carbonyl (C=O) groups excluding carboxylic acids is 2. The first-order valence-corrected chi connectivity index (χ1v) is 9.04. The summed E-state index contributed by atoms with van der Waals surface area (Å²) in [6.07, 6.45) is 4.79. The van der Waals surface area contributed by atoms with Crippen LogP contribution in [0.3, 0.4) is 0 Å². The van der Waals surface area contributed by atoms with Gasteiger partial charge in [0.15, 0.2) is 0 Å². The van der Waals surface area contributed by atoms with Gasteiger partial charge in [0.05, 0.1) is 0 Å². The molecule has 1 aliphatic heterocycles. The molecule has 1 aromatic rings. The maximum absolute atomic E-state index is 12.5. The Hall–Kier alpha value is -1.88. The molecule has 1 aromatic carbocycles. The molecule has 3 N–H and O–H groups in total. The summed E-state index contributed by atoms with van der Waals surface area (Å²) in [5.74, 6) is 0.651. The maximum Gasteiger partial charge on any atom is 0.253 e. The Morgan fingerprint density at radius 2 is 1.79 bits per heavy atom.